The summed E-state index contributed by atoms with van der Waals surface area (Å²) < 4.78 is 5.52. The molecule has 1 atom stereocenters. The first-order valence-corrected chi connectivity index (χ1v) is 6.53. The van der Waals surface area contributed by atoms with Crippen molar-refractivity contribution in [3.63, 3.8) is 0 Å². The van der Waals surface area contributed by atoms with Crippen molar-refractivity contribution in [2.24, 2.45) is 0 Å². The van der Waals surface area contributed by atoms with E-state index in [4.69, 9.17) is 10.00 Å². The van der Waals surface area contributed by atoms with Gasteiger partial charge >= 0.3 is 0 Å². The Hall–Kier alpha value is -1.57. The van der Waals surface area contributed by atoms with Crippen molar-refractivity contribution in [3.8, 4) is 6.07 Å². The maximum Gasteiger partial charge on any atom is 0.0992 e. The van der Waals surface area contributed by atoms with Gasteiger partial charge in [-0.3, -0.25) is 0 Å². The number of nitriles is 1. The average Bonchev–Trinajstić information content (AvgIpc) is 2.37. The Morgan fingerprint density at radius 3 is 2.79 bits per heavy atom. The van der Waals surface area contributed by atoms with Crippen LogP contribution in [0.4, 0.5) is 5.69 Å². The van der Waals surface area contributed by atoms with Gasteiger partial charge in [0.2, 0.25) is 0 Å². The Morgan fingerprint density at radius 2 is 2.21 bits per heavy atom. The molecule has 0 spiro atoms. The molecule has 0 saturated carbocycles. The molecule has 0 bridgehead atoms. The molecule has 4 nitrogen and oxygen atoms in total. The molecule has 1 fully saturated rings. The van der Waals surface area contributed by atoms with Crippen molar-refractivity contribution in [3.05, 3.63) is 29.3 Å². The molecule has 2 rings (SSSR count). The summed E-state index contributed by atoms with van der Waals surface area (Å²) in [6, 6.07) is 7.60. The second-order valence-electron chi connectivity index (χ2n) is 5.58. The van der Waals surface area contributed by atoms with Crippen LogP contribution in [0.3, 0.4) is 0 Å². The second kappa shape index (κ2) is 5.20. The van der Waals surface area contributed by atoms with E-state index >= 15 is 0 Å². The number of hydrogen-bond acceptors (Lipinski definition) is 4. The first-order chi connectivity index (χ1) is 8.95. The number of morpholine rings is 1. The summed E-state index contributed by atoms with van der Waals surface area (Å²) >= 11 is 0. The number of aliphatic hydroxyl groups is 1. The summed E-state index contributed by atoms with van der Waals surface area (Å²) in [5, 5.41) is 19.0. The zero-order valence-corrected chi connectivity index (χ0v) is 11.7. The summed E-state index contributed by atoms with van der Waals surface area (Å²) in [7, 11) is 0. The van der Waals surface area contributed by atoms with Gasteiger partial charge in [-0.15, -0.1) is 0 Å². The van der Waals surface area contributed by atoms with Crippen LogP contribution in [0.25, 0.3) is 0 Å². The lowest BCUT2D eigenvalue weighted by molar-refractivity contribution is 0.0639. The minimum Gasteiger partial charge on any atom is -0.389 e. The number of rotatable bonds is 2. The molecule has 4 heteroatoms. The van der Waals surface area contributed by atoms with Crippen molar-refractivity contribution in [1.82, 2.24) is 0 Å². The van der Waals surface area contributed by atoms with Crippen LogP contribution in [0.1, 0.15) is 38.0 Å². The van der Waals surface area contributed by atoms with Crippen LogP contribution in [0.15, 0.2) is 18.2 Å². The molecule has 0 radical (unpaired) electrons. The molecule has 1 aromatic rings. The third kappa shape index (κ3) is 2.73. The van der Waals surface area contributed by atoms with E-state index in [1.165, 1.54) is 0 Å². The van der Waals surface area contributed by atoms with E-state index in [2.05, 4.69) is 24.8 Å². The topological polar surface area (TPSA) is 56.5 Å². The summed E-state index contributed by atoms with van der Waals surface area (Å²) in [4.78, 5) is 2.22. The zero-order chi connectivity index (χ0) is 14.0. The minimum atomic E-state index is -0.554. The van der Waals surface area contributed by atoms with Crippen molar-refractivity contribution in [1.29, 1.82) is 5.26 Å². The van der Waals surface area contributed by atoms with Crippen molar-refractivity contribution in [2.45, 2.75) is 32.4 Å². The monoisotopic (exact) mass is 260 g/mol. The fourth-order valence-corrected chi connectivity index (χ4v) is 2.51. The molecule has 1 aliphatic rings. The lowest BCUT2D eigenvalue weighted by Crippen LogP contribution is -2.53. The summed E-state index contributed by atoms with van der Waals surface area (Å²) in [5.41, 5.74) is 2.26. The fourth-order valence-electron chi connectivity index (χ4n) is 2.51. The predicted octanol–water partition coefficient (Wildman–Crippen LogP) is 2.23. The highest BCUT2D eigenvalue weighted by atomic mass is 16.5. The quantitative estimate of drug-likeness (QED) is 0.886. The van der Waals surface area contributed by atoms with Gasteiger partial charge in [-0.1, -0.05) is 6.07 Å². The Balaban J connectivity index is 2.49. The Kier molecular flexibility index (Phi) is 3.79. The van der Waals surface area contributed by atoms with E-state index in [-0.39, 0.29) is 5.54 Å². The second-order valence-corrected chi connectivity index (χ2v) is 5.58. The summed E-state index contributed by atoms with van der Waals surface area (Å²) in [5.74, 6) is 0. The van der Waals surface area contributed by atoms with E-state index in [0.29, 0.717) is 18.8 Å². The first kappa shape index (κ1) is 13.9. The van der Waals surface area contributed by atoms with E-state index in [1.807, 2.05) is 12.1 Å². The number of benzene rings is 1. The molecular formula is C15H20N2O2. The Morgan fingerprint density at radius 1 is 1.47 bits per heavy atom. The van der Waals surface area contributed by atoms with Gasteiger partial charge in [-0.05, 0) is 32.9 Å². The SMILES string of the molecule is C[C@H](O)c1ccc(C#N)cc1N1CCOCC1(C)C. The predicted molar refractivity (Wildman–Crippen MR) is 74.0 cm³/mol. The molecule has 0 aliphatic carbocycles. The highest BCUT2D eigenvalue weighted by Crippen LogP contribution is 2.33. The Bertz CT molecular complexity index is 503. The van der Waals surface area contributed by atoms with Gasteiger partial charge in [-0.25, -0.2) is 0 Å². The zero-order valence-electron chi connectivity index (χ0n) is 11.7. The molecule has 102 valence electrons. The number of aliphatic hydroxyl groups excluding tert-OH is 1. The largest absolute Gasteiger partial charge is 0.389 e. The van der Waals surface area contributed by atoms with E-state index < -0.39 is 6.10 Å². The smallest absolute Gasteiger partial charge is 0.0992 e. The number of hydrogen-bond donors (Lipinski definition) is 1. The highest BCUT2D eigenvalue weighted by Gasteiger charge is 2.32. The van der Waals surface area contributed by atoms with E-state index in [0.717, 1.165) is 17.8 Å². The standard InChI is InChI=1S/C15H20N2O2/c1-11(18)13-5-4-12(9-16)8-14(13)17-6-7-19-10-15(17,2)3/h4-5,8,11,18H,6-7,10H2,1-3H3/t11-/m0/s1. The summed E-state index contributed by atoms with van der Waals surface area (Å²) in [6.07, 6.45) is -0.554. The molecule has 0 aromatic heterocycles. The number of nitrogens with zero attached hydrogens (tertiary/aromatic N) is 2. The molecule has 0 unspecified atom stereocenters. The van der Waals surface area contributed by atoms with Crippen LogP contribution in [-0.4, -0.2) is 30.4 Å². The fraction of sp³-hybridized carbons (Fsp3) is 0.533. The van der Waals surface area contributed by atoms with Gasteiger partial charge in [0.1, 0.15) is 0 Å². The van der Waals surface area contributed by atoms with E-state index in [1.54, 1.807) is 13.0 Å². The normalized spacial score (nSPS) is 19.8. The van der Waals surface area contributed by atoms with Crippen molar-refractivity contribution in [2.75, 3.05) is 24.7 Å². The molecule has 0 amide bonds. The lowest BCUT2D eigenvalue weighted by Gasteiger charge is -2.44. The van der Waals surface area contributed by atoms with Gasteiger partial charge < -0.3 is 14.7 Å². The van der Waals surface area contributed by atoms with Crippen LogP contribution in [0.5, 0.6) is 0 Å². The van der Waals surface area contributed by atoms with Crippen LogP contribution in [0, 0.1) is 11.3 Å². The molecule has 1 aromatic carbocycles. The molecule has 1 saturated heterocycles. The highest BCUT2D eigenvalue weighted by molar-refractivity contribution is 5.60. The number of anilines is 1. The molecule has 1 aliphatic heterocycles. The first-order valence-electron chi connectivity index (χ1n) is 6.53. The number of ether oxygens (including phenoxy) is 1. The molecular weight excluding hydrogens is 240 g/mol. The van der Waals surface area contributed by atoms with Gasteiger partial charge in [0.25, 0.3) is 0 Å². The third-order valence-electron chi connectivity index (χ3n) is 3.55. The molecule has 1 heterocycles. The van der Waals surface area contributed by atoms with Crippen LogP contribution in [0.2, 0.25) is 0 Å². The van der Waals surface area contributed by atoms with Crippen LogP contribution in [-0.2, 0) is 4.74 Å². The summed E-state index contributed by atoms with van der Waals surface area (Å²) in [6.45, 7) is 8.04. The maximum absolute atomic E-state index is 9.93. The van der Waals surface area contributed by atoms with Crippen LogP contribution < -0.4 is 4.90 Å². The molecule has 1 N–H and O–H groups in total. The van der Waals surface area contributed by atoms with E-state index in [9.17, 15) is 5.11 Å². The van der Waals surface area contributed by atoms with Crippen LogP contribution >= 0.6 is 0 Å². The third-order valence-corrected chi connectivity index (χ3v) is 3.55. The van der Waals surface area contributed by atoms with Gasteiger partial charge in [0.15, 0.2) is 0 Å². The minimum absolute atomic E-state index is 0.143. The van der Waals surface area contributed by atoms with Gasteiger partial charge in [0.05, 0.1) is 36.5 Å². The van der Waals surface area contributed by atoms with Gasteiger partial charge in [-0.2, -0.15) is 5.26 Å². The lowest BCUT2D eigenvalue weighted by atomic mass is 9.97. The maximum atomic E-state index is 9.93. The Labute approximate surface area is 114 Å². The average molecular weight is 260 g/mol. The van der Waals surface area contributed by atoms with Gasteiger partial charge in [0, 0.05) is 17.8 Å². The molecule has 19 heavy (non-hydrogen) atoms. The van der Waals surface area contributed by atoms with Crippen molar-refractivity contribution < 1.29 is 9.84 Å². The van der Waals surface area contributed by atoms with Crippen molar-refractivity contribution >= 4 is 5.69 Å².